The van der Waals surface area contributed by atoms with Gasteiger partial charge in [0.1, 0.15) is 0 Å². The summed E-state index contributed by atoms with van der Waals surface area (Å²) in [5.41, 5.74) is 3.63. The van der Waals surface area contributed by atoms with E-state index in [2.05, 4.69) is 78.0 Å². The van der Waals surface area contributed by atoms with Gasteiger partial charge in [0.15, 0.2) is 0 Å². The predicted octanol–water partition coefficient (Wildman–Crippen LogP) is 7.75. The number of hydrogen-bond donors (Lipinski definition) is 0. The summed E-state index contributed by atoms with van der Waals surface area (Å²) in [4.78, 5) is 0. The average molecular weight is 365 g/mol. The first-order chi connectivity index (χ1) is 12.6. The highest BCUT2D eigenvalue weighted by Crippen LogP contribution is 2.56. The summed E-state index contributed by atoms with van der Waals surface area (Å²) in [6.45, 7) is 14.2. The smallest absolute Gasteiger partial charge is 0.00954 e. The third kappa shape index (κ3) is 3.66. The van der Waals surface area contributed by atoms with Gasteiger partial charge in [-0.1, -0.05) is 104 Å². The van der Waals surface area contributed by atoms with Crippen LogP contribution >= 0.6 is 0 Å². The van der Waals surface area contributed by atoms with E-state index in [9.17, 15) is 0 Å². The molecule has 0 heteroatoms. The maximum atomic E-state index is 2.70. The fourth-order valence-electron chi connectivity index (χ4n) is 6.22. The minimum atomic E-state index is 0.259. The van der Waals surface area contributed by atoms with Crippen LogP contribution in [-0.4, -0.2) is 0 Å². The Bertz CT molecular complexity index is 627. The molecule has 0 aliphatic heterocycles. The Labute approximate surface area is 167 Å². The van der Waals surface area contributed by atoms with Crippen molar-refractivity contribution < 1.29 is 0 Å². The van der Waals surface area contributed by atoms with E-state index in [1.54, 1.807) is 11.1 Å². The van der Waals surface area contributed by atoms with Crippen LogP contribution in [0.25, 0.3) is 0 Å². The Morgan fingerprint density at radius 2 is 1.15 bits per heavy atom. The van der Waals surface area contributed by atoms with Crippen LogP contribution < -0.4 is 0 Å². The molecule has 0 aromatic heterocycles. The van der Waals surface area contributed by atoms with Gasteiger partial charge < -0.3 is 0 Å². The molecule has 148 valence electrons. The third-order valence-electron chi connectivity index (χ3n) is 7.87. The third-order valence-corrected chi connectivity index (χ3v) is 7.87. The Kier molecular flexibility index (Phi) is 4.84. The summed E-state index contributed by atoms with van der Waals surface area (Å²) < 4.78 is 0. The number of hydrogen-bond acceptors (Lipinski definition) is 0. The summed E-state index contributed by atoms with van der Waals surface area (Å²) in [7, 11) is 0. The lowest BCUT2D eigenvalue weighted by Crippen LogP contribution is -2.22. The van der Waals surface area contributed by atoms with Crippen LogP contribution in [0, 0.1) is 46.3 Å². The molecule has 2 fully saturated rings. The van der Waals surface area contributed by atoms with Crippen molar-refractivity contribution in [3.63, 3.8) is 0 Å². The minimum absolute atomic E-state index is 0.259. The molecule has 4 rings (SSSR count). The van der Waals surface area contributed by atoms with E-state index in [-0.39, 0.29) is 10.8 Å². The Balaban J connectivity index is 1.69. The van der Waals surface area contributed by atoms with Gasteiger partial charge in [-0.05, 0) is 63.9 Å². The molecule has 27 heavy (non-hydrogen) atoms. The van der Waals surface area contributed by atoms with Crippen molar-refractivity contribution in [3.8, 4) is 0 Å². The van der Waals surface area contributed by atoms with Crippen molar-refractivity contribution in [1.29, 1.82) is 0 Å². The maximum absolute atomic E-state index is 2.70. The van der Waals surface area contributed by atoms with Gasteiger partial charge in [-0.2, -0.15) is 0 Å². The summed E-state index contributed by atoms with van der Waals surface area (Å²) in [6, 6.07) is 0. The molecule has 0 radical (unpaired) electrons. The van der Waals surface area contributed by atoms with E-state index in [4.69, 9.17) is 0 Å². The van der Waals surface area contributed by atoms with Crippen LogP contribution in [0.1, 0.15) is 73.6 Å². The van der Waals surface area contributed by atoms with Crippen LogP contribution in [0.3, 0.4) is 0 Å². The van der Waals surface area contributed by atoms with Crippen LogP contribution in [0.5, 0.6) is 0 Å². The van der Waals surface area contributed by atoms with Gasteiger partial charge in [-0.3, -0.25) is 0 Å². The number of allylic oxidation sites excluding steroid dienone is 8. The molecule has 0 bridgehead atoms. The molecule has 0 heterocycles. The topological polar surface area (TPSA) is 0 Å². The summed E-state index contributed by atoms with van der Waals surface area (Å²) >= 11 is 0. The lowest BCUT2D eigenvalue weighted by atomic mass is 9.73. The highest BCUT2D eigenvalue weighted by Gasteiger charge is 2.49. The van der Waals surface area contributed by atoms with Crippen molar-refractivity contribution in [1.82, 2.24) is 0 Å². The molecule has 2 saturated carbocycles. The largest absolute Gasteiger partial charge is 0.0799 e. The van der Waals surface area contributed by atoms with E-state index < -0.39 is 0 Å². The zero-order chi connectivity index (χ0) is 19.4. The van der Waals surface area contributed by atoms with Crippen molar-refractivity contribution >= 4 is 0 Å². The lowest BCUT2D eigenvalue weighted by Gasteiger charge is -2.32. The molecule has 0 aromatic rings. The van der Waals surface area contributed by atoms with Gasteiger partial charge in [0, 0.05) is 0 Å². The van der Waals surface area contributed by atoms with Crippen LogP contribution in [0.15, 0.2) is 47.6 Å². The van der Waals surface area contributed by atoms with E-state index in [1.165, 1.54) is 32.1 Å². The Morgan fingerprint density at radius 1 is 0.704 bits per heavy atom. The monoisotopic (exact) mass is 364 g/mol. The molecule has 4 unspecified atom stereocenters. The molecule has 0 saturated heterocycles. The van der Waals surface area contributed by atoms with E-state index >= 15 is 0 Å². The normalized spacial score (nSPS) is 36.4. The molecule has 0 amide bonds. The van der Waals surface area contributed by atoms with Crippen molar-refractivity contribution in [2.24, 2.45) is 46.3 Å². The van der Waals surface area contributed by atoms with Gasteiger partial charge >= 0.3 is 0 Å². The van der Waals surface area contributed by atoms with Gasteiger partial charge in [0.25, 0.3) is 0 Å². The standard InChI is InChI=1S/C27H40/c1-26(2,3)19-11-13-21-22-14-12-20(27(4,5)6)17-25(22)23(24(21)16-19)15-18-9-7-8-10-18/h11-14,16-18,21-25H,7-10,15H2,1-6H3. The second-order valence-corrected chi connectivity index (χ2v) is 11.8. The highest BCUT2D eigenvalue weighted by atomic mass is 14.5. The maximum Gasteiger partial charge on any atom is -0.00954 e. The van der Waals surface area contributed by atoms with E-state index in [0.717, 1.165) is 23.7 Å². The average Bonchev–Trinajstić information content (AvgIpc) is 3.20. The van der Waals surface area contributed by atoms with Gasteiger partial charge in [-0.15, -0.1) is 0 Å². The van der Waals surface area contributed by atoms with Crippen LogP contribution in [0.4, 0.5) is 0 Å². The molecular formula is C27H40. The second-order valence-electron chi connectivity index (χ2n) is 11.8. The van der Waals surface area contributed by atoms with Crippen LogP contribution in [0.2, 0.25) is 0 Å². The molecule has 0 spiro atoms. The van der Waals surface area contributed by atoms with Crippen molar-refractivity contribution in [2.75, 3.05) is 0 Å². The van der Waals surface area contributed by atoms with Crippen LogP contribution in [-0.2, 0) is 0 Å². The van der Waals surface area contributed by atoms with Crippen molar-refractivity contribution in [2.45, 2.75) is 73.6 Å². The molecule has 0 aromatic carbocycles. The van der Waals surface area contributed by atoms with E-state index in [0.29, 0.717) is 11.8 Å². The second kappa shape index (κ2) is 6.78. The molecule has 0 nitrogen and oxygen atoms in total. The molecule has 4 aliphatic rings. The first-order valence-corrected chi connectivity index (χ1v) is 11.5. The lowest BCUT2D eigenvalue weighted by molar-refractivity contribution is 0.286. The zero-order valence-corrected chi connectivity index (χ0v) is 18.5. The van der Waals surface area contributed by atoms with Gasteiger partial charge in [0.05, 0.1) is 0 Å². The predicted molar refractivity (Wildman–Crippen MR) is 117 cm³/mol. The first-order valence-electron chi connectivity index (χ1n) is 11.5. The highest BCUT2D eigenvalue weighted by molar-refractivity contribution is 5.38. The quantitative estimate of drug-likeness (QED) is 0.470. The summed E-state index contributed by atoms with van der Waals surface area (Å²) in [5.74, 6) is 4.69. The minimum Gasteiger partial charge on any atom is -0.0799 e. The SMILES string of the molecule is CC(C)(C)C1=CC2C(C=C1)C1C=CC(C(C)(C)C)=CC1C2CC1CCCC1. The summed E-state index contributed by atoms with van der Waals surface area (Å²) in [6.07, 6.45) is 22.8. The van der Waals surface area contributed by atoms with Gasteiger partial charge in [-0.25, -0.2) is 0 Å². The Morgan fingerprint density at radius 3 is 1.56 bits per heavy atom. The zero-order valence-electron chi connectivity index (χ0n) is 18.5. The number of rotatable bonds is 2. The molecule has 0 N–H and O–H groups in total. The fraction of sp³-hybridized carbons (Fsp3) is 0.704. The molecular weight excluding hydrogens is 324 g/mol. The Hall–Kier alpha value is -1.04. The molecule has 4 aliphatic carbocycles. The number of fused-ring (bicyclic) bond motifs is 3. The fourth-order valence-corrected chi connectivity index (χ4v) is 6.22. The van der Waals surface area contributed by atoms with E-state index in [1.807, 2.05) is 0 Å². The summed E-state index contributed by atoms with van der Waals surface area (Å²) in [5, 5.41) is 0. The van der Waals surface area contributed by atoms with Gasteiger partial charge in [0.2, 0.25) is 0 Å². The first kappa shape index (κ1) is 19.3. The molecule has 4 atom stereocenters. The van der Waals surface area contributed by atoms with Crippen molar-refractivity contribution in [3.05, 3.63) is 47.6 Å².